The monoisotopic (exact) mass is 364 g/mol. The van der Waals surface area contributed by atoms with E-state index in [9.17, 15) is 5.26 Å². The van der Waals surface area contributed by atoms with Crippen LogP contribution in [0.25, 0.3) is 11.8 Å². The molecule has 1 aliphatic carbocycles. The van der Waals surface area contributed by atoms with E-state index >= 15 is 0 Å². The summed E-state index contributed by atoms with van der Waals surface area (Å²) in [5, 5.41) is 19.4. The molecule has 4 rings (SSSR count). The number of hydrogen-bond acceptors (Lipinski definition) is 4. The number of fused-ring (bicyclic) bond motifs is 1. The summed E-state index contributed by atoms with van der Waals surface area (Å²) in [5.41, 5.74) is 2.91. The van der Waals surface area contributed by atoms with Gasteiger partial charge in [0.05, 0.1) is 10.6 Å². The first kappa shape index (κ1) is 17.1. The van der Waals surface area contributed by atoms with Crippen LogP contribution in [-0.2, 0) is 0 Å². The number of nitrogens with zero attached hydrogens (tertiary/aromatic N) is 2. The maximum atomic E-state index is 9.29. The summed E-state index contributed by atoms with van der Waals surface area (Å²) in [4.78, 5) is 4.32. The van der Waals surface area contributed by atoms with Crippen molar-refractivity contribution in [3.8, 4) is 6.07 Å². The van der Waals surface area contributed by atoms with Crippen LogP contribution in [0.3, 0.4) is 0 Å². The summed E-state index contributed by atoms with van der Waals surface area (Å²) in [5.74, 6) is 0.221. The quantitative estimate of drug-likeness (QED) is 0.874. The SMILES string of the molecule is N#Cc1cc(C2C=c3ccncc3=C(NC3CCNCC3)C2)ccc1Cl. The molecule has 4 nitrogen and oxygen atoms in total. The topological polar surface area (TPSA) is 60.7 Å². The summed E-state index contributed by atoms with van der Waals surface area (Å²) in [6.07, 6.45) is 9.21. The maximum absolute atomic E-state index is 9.29. The van der Waals surface area contributed by atoms with Gasteiger partial charge in [0.1, 0.15) is 6.07 Å². The molecule has 1 saturated heterocycles. The van der Waals surface area contributed by atoms with Crippen molar-refractivity contribution < 1.29 is 0 Å². The minimum atomic E-state index is 0.221. The molecule has 0 amide bonds. The molecular formula is C21H21ClN4. The van der Waals surface area contributed by atoms with E-state index in [2.05, 4.69) is 33.8 Å². The molecule has 1 aromatic heterocycles. The Morgan fingerprint density at radius 1 is 1.23 bits per heavy atom. The second kappa shape index (κ2) is 7.49. The highest BCUT2D eigenvalue weighted by Gasteiger charge is 2.20. The molecule has 1 unspecified atom stereocenters. The second-order valence-electron chi connectivity index (χ2n) is 6.94. The minimum Gasteiger partial charge on any atom is -0.385 e. The predicted molar refractivity (Wildman–Crippen MR) is 104 cm³/mol. The van der Waals surface area contributed by atoms with Crippen molar-refractivity contribution in [2.75, 3.05) is 13.1 Å². The number of hydrogen-bond donors (Lipinski definition) is 2. The van der Waals surface area contributed by atoms with Crippen LogP contribution in [0.4, 0.5) is 0 Å². The van der Waals surface area contributed by atoms with Crippen LogP contribution in [0.5, 0.6) is 0 Å². The highest BCUT2D eigenvalue weighted by molar-refractivity contribution is 6.31. The third-order valence-electron chi connectivity index (χ3n) is 5.24. The predicted octanol–water partition coefficient (Wildman–Crippen LogP) is 2.02. The molecule has 1 aliphatic heterocycles. The van der Waals surface area contributed by atoms with Gasteiger partial charge in [0.2, 0.25) is 0 Å². The molecular weight excluding hydrogens is 344 g/mol. The fourth-order valence-electron chi connectivity index (χ4n) is 3.83. The summed E-state index contributed by atoms with van der Waals surface area (Å²) >= 11 is 6.11. The third-order valence-corrected chi connectivity index (χ3v) is 5.57. The highest BCUT2D eigenvalue weighted by Crippen LogP contribution is 2.29. The Morgan fingerprint density at radius 3 is 2.88 bits per heavy atom. The lowest BCUT2D eigenvalue weighted by Crippen LogP contribution is -2.44. The van der Waals surface area contributed by atoms with E-state index in [0.29, 0.717) is 16.6 Å². The summed E-state index contributed by atoms with van der Waals surface area (Å²) in [6.45, 7) is 2.12. The average Bonchev–Trinajstić information content (AvgIpc) is 2.69. The number of benzene rings is 1. The minimum absolute atomic E-state index is 0.221. The Labute approximate surface area is 158 Å². The number of aromatic nitrogens is 1. The average molecular weight is 365 g/mol. The van der Waals surface area contributed by atoms with E-state index in [1.54, 1.807) is 0 Å². The number of pyridine rings is 1. The lowest BCUT2D eigenvalue weighted by Gasteiger charge is -2.29. The first-order valence-corrected chi connectivity index (χ1v) is 9.44. The van der Waals surface area contributed by atoms with Crippen molar-refractivity contribution in [1.82, 2.24) is 15.6 Å². The van der Waals surface area contributed by atoms with Gasteiger partial charge in [-0.3, -0.25) is 4.98 Å². The van der Waals surface area contributed by atoms with Crippen molar-refractivity contribution in [2.24, 2.45) is 0 Å². The molecule has 2 N–H and O–H groups in total. The molecule has 1 fully saturated rings. The normalized spacial score (nSPS) is 20.0. The van der Waals surface area contributed by atoms with Crippen LogP contribution in [0.1, 0.15) is 36.3 Å². The Balaban J connectivity index is 1.71. The van der Waals surface area contributed by atoms with Crippen LogP contribution in [-0.4, -0.2) is 24.1 Å². The molecule has 0 saturated carbocycles. The molecule has 1 aromatic carbocycles. The van der Waals surface area contributed by atoms with Crippen LogP contribution in [0.15, 0.2) is 36.7 Å². The van der Waals surface area contributed by atoms with Crippen LogP contribution in [0, 0.1) is 11.3 Å². The first-order valence-electron chi connectivity index (χ1n) is 9.06. The smallest absolute Gasteiger partial charge is 0.101 e. The van der Waals surface area contributed by atoms with Gasteiger partial charge < -0.3 is 10.6 Å². The van der Waals surface area contributed by atoms with Gasteiger partial charge >= 0.3 is 0 Å². The number of halogens is 1. The molecule has 2 heterocycles. The van der Waals surface area contributed by atoms with E-state index in [1.807, 2.05) is 30.6 Å². The zero-order chi connectivity index (χ0) is 17.9. The molecule has 0 spiro atoms. The number of nitrogens with one attached hydrogen (secondary N) is 2. The zero-order valence-corrected chi connectivity index (χ0v) is 15.3. The fourth-order valence-corrected chi connectivity index (χ4v) is 3.99. The largest absolute Gasteiger partial charge is 0.385 e. The Hall–Kier alpha value is -2.35. The van der Waals surface area contributed by atoms with E-state index < -0.39 is 0 Å². The van der Waals surface area contributed by atoms with Crippen molar-refractivity contribution in [3.05, 3.63) is 63.2 Å². The van der Waals surface area contributed by atoms with Gasteiger partial charge in [-0.15, -0.1) is 0 Å². The molecule has 0 radical (unpaired) electrons. The molecule has 0 bridgehead atoms. The van der Waals surface area contributed by atoms with E-state index in [-0.39, 0.29) is 5.92 Å². The summed E-state index contributed by atoms with van der Waals surface area (Å²) in [7, 11) is 0. The lowest BCUT2D eigenvalue weighted by molar-refractivity contribution is 0.420. The maximum Gasteiger partial charge on any atom is 0.101 e. The van der Waals surface area contributed by atoms with Gasteiger partial charge in [-0.05, 0) is 61.3 Å². The number of nitriles is 1. The molecule has 1 atom stereocenters. The van der Waals surface area contributed by atoms with Crippen molar-refractivity contribution in [2.45, 2.75) is 31.2 Å². The van der Waals surface area contributed by atoms with Crippen molar-refractivity contribution in [1.29, 1.82) is 5.26 Å². The molecule has 2 aliphatic rings. The first-order chi connectivity index (χ1) is 12.7. The van der Waals surface area contributed by atoms with Crippen LogP contribution >= 0.6 is 11.6 Å². The lowest BCUT2D eigenvalue weighted by atomic mass is 9.88. The van der Waals surface area contributed by atoms with Gasteiger partial charge in [-0.1, -0.05) is 23.7 Å². The number of piperidine rings is 1. The summed E-state index contributed by atoms with van der Waals surface area (Å²) < 4.78 is 0. The fraction of sp³-hybridized carbons (Fsp3) is 0.333. The van der Waals surface area contributed by atoms with Crippen LogP contribution in [0.2, 0.25) is 5.02 Å². The van der Waals surface area contributed by atoms with Gasteiger partial charge in [0.25, 0.3) is 0 Å². The standard InChI is InChI=1S/C21H21ClN4/c22-20-2-1-14(9-17(20)12-23)16-10-15-3-6-25-13-19(15)21(11-16)26-18-4-7-24-8-5-18/h1-3,6,9-10,13,16,18,24,26H,4-5,7-8,11H2. The van der Waals surface area contributed by atoms with E-state index in [1.165, 1.54) is 16.1 Å². The van der Waals surface area contributed by atoms with E-state index in [0.717, 1.165) is 37.9 Å². The zero-order valence-electron chi connectivity index (χ0n) is 14.5. The molecule has 26 heavy (non-hydrogen) atoms. The molecule has 132 valence electrons. The van der Waals surface area contributed by atoms with Crippen molar-refractivity contribution in [3.63, 3.8) is 0 Å². The Morgan fingerprint density at radius 2 is 2.08 bits per heavy atom. The van der Waals surface area contributed by atoms with Gasteiger partial charge in [0, 0.05) is 35.3 Å². The van der Waals surface area contributed by atoms with Crippen molar-refractivity contribution >= 4 is 23.4 Å². The second-order valence-corrected chi connectivity index (χ2v) is 7.35. The summed E-state index contributed by atoms with van der Waals surface area (Å²) in [6, 6.07) is 10.5. The van der Waals surface area contributed by atoms with Gasteiger partial charge in [-0.25, -0.2) is 0 Å². The van der Waals surface area contributed by atoms with E-state index in [4.69, 9.17) is 11.6 Å². The molecule has 2 aromatic rings. The van der Waals surface area contributed by atoms with Gasteiger partial charge in [0.15, 0.2) is 0 Å². The van der Waals surface area contributed by atoms with Gasteiger partial charge in [-0.2, -0.15) is 5.26 Å². The third kappa shape index (κ3) is 3.46. The molecule has 5 heteroatoms. The van der Waals surface area contributed by atoms with Crippen LogP contribution < -0.4 is 21.1 Å². The Bertz CT molecular complexity index is 970. The number of rotatable bonds is 3. The Kier molecular flexibility index (Phi) is 4.92. The highest BCUT2D eigenvalue weighted by atomic mass is 35.5.